The van der Waals surface area contributed by atoms with Gasteiger partial charge < -0.3 is 15.1 Å². The van der Waals surface area contributed by atoms with Crippen LogP contribution in [0.25, 0.3) is 0 Å². The fraction of sp³-hybridized carbons (Fsp3) is 0.368. The van der Waals surface area contributed by atoms with Crippen LogP contribution in [0, 0.1) is 6.92 Å². The summed E-state index contributed by atoms with van der Waals surface area (Å²) < 4.78 is 0. The molecule has 1 fully saturated rings. The summed E-state index contributed by atoms with van der Waals surface area (Å²) in [5, 5.41) is 5.35. The number of hydrogen-bond acceptors (Lipinski definition) is 4. The average Bonchev–Trinajstić information content (AvgIpc) is 3.18. The smallest absolute Gasteiger partial charge is 0.261 e. The highest BCUT2D eigenvalue weighted by atomic mass is 35.5. The molecule has 26 heavy (non-hydrogen) atoms. The van der Waals surface area contributed by atoms with Crippen molar-refractivity contribution in [3.8, 4) is 0 Å². The number of piperazine rings is 1. The molecule has 1 saturated heterocycles. The lowest BCUT2D eigenvalue weighted by atomic mass is 10.1. The van der Waals surface area contributed by atoms with Gasteiger partial charge in [-0.25, -0.2) is 0 Å². The van der Waals surface area contributed by atoms with E-state index in [0.29, 0.717) is 23.0 Å². The monoisotopic (exact) mass is 391 g/mol. The molecule has 0 bridgehead atoms. The zero-order valence-electron chi connectivity index (χ0n) is 14.9. The summed E-state index contributed by atoms with van der Waals surface area (Å²) >= 11 is 7.48. The first-order valence-electron chi connectivity index (χ1n) is 8.60. The van der Waals surface area contributed by atoms with Gasteiger partial charge in [0.2, 0.25) is 5.91 Å². The van der Waals surface area contributed by atoms with Crippen LogP contribution in [0.4, 0.5) is 5.69 Å². The summed E-state index contributed by atoms with van der Waals surface area (Å²) in [4.78, 5) is 29.4. The van der Waals surface area contributed by atoms with Gasteiger partial charge in [0.05, 0.1) is 4.88 Å². The molecule has 1 aliphatic heterocycles. The molecule has 1 aliphatic rings. The number of rotatable bonds is 4. The second-order valence-corrected chi connectivity index (χ2v) is 7.80. The topological polar surface area (TPSA) is 52.6 Å². The molecule has 1 N–H and O–H groups in total. The summed E-state index contributed by atoms with van der Waals surface area (Å²) in [5.74, 6) is -0.244. The maximum absolute atomic E-state index is 12.6. The molecule has 7 heteroatoms. The summed E-state index contributed by atoms with van der Waals surface area (Å²) in [6.07, 6.45) is 0. The first-order chi connectivity index (χ1) is 12.5. The fourth-order valence-electron chi connectivity index (χ4n) is 3.10. The van der Waals surface area contributed by atoms with Gasteiger partial charge in [-0.3, -0.25) is 9.59 Å². The van der Waals surface area contributed by atoms with Crippen LogP contribution in [0.5, 0.6) is 0 Å². The number of aryl methyl sites for hydroxylation is 1. The molecule has 0 radical (unpaired) electrons. The van der Waals surface area contributed by atoms with E-state index in [0.717, 1.165) is 18.8 Å². The summed E-state index contributed by atoms with van der Waals surface area (Å²) in [6, 6.07) is 8.91. The number of nitrogens with one attached hydrogen (secondary N) is 1. The van der Waals surface area contributed by atoms with Gasteiger partial charge >= 0.3 is 0 Å². The van der Waals surface area contributed by atoms with Crippen molar-refractivity contribution < 1.29 is 9.59 Å². The van der Waals surface area contributed by atoms with Gasteiger partial charge in [0.15, 0.2) is 0 Å². The van der Waals surface area contributed by atoms with Crippen molar-refractivity contribution in [3.05, 3.63) is 51.2 Å². The van der Waals surface area contributed by atoms with Crippen molar-refractivity contribution >= 4 is 40.4 Å². The number of carbonyl (C=O) groups is 2. The number of nitrogens with zero attached hydrogens (tertiary/aromatic N) is 2. The molecule has 1 aromatic heterocycles. The van der Waals surface area contributed by atoms with Crippen LogP contribution in [0.3, 0.4) is 0 Å². The van der Waals surface area contributed by atoms with Gasteiger partial charge in [-0.05, 0) is 43.0 Å². The molecule has 3 rings (SSSR count). The zero-order chi connectivity index (χ0) is 18.7. The zero-order valence-corrected chi connectivity index (χ0v) is 16.4. The van der Waals surface area contributed by atoms with E-state index in [1.165, 1.54) is 16.9 Å². The van der Waals surface area contributed by atoms with E-state index >= 15 is 0 Å². The van der Waals surface area contributed by atoms with Crippen LogP contribution in [0.1, 0.15) is 22.2 Å². The van der Waals surface area contributed by atoms with Crippen LogP contribution in [0.2, 0.25) is 5.02 Å². The van der Waals surface area contributed by atoms with E-state index < -0.39 is 6.04 Å². The van der Waals surface area contributed by atoms with Gasteiger partial charge in [-0.15, -0.1) is 11.3 Å². The highest BCUT2D eigenvalue weighted by molar-refractivity contribution is 7.12. The van der Waals surface area contributed by atoms with E-state index in [2.05, 4.69) is 17.1 Å². The maximum atomic E-state index is 12.6. The number of halogens is 1. The Morgan fingerprint density at radius 3 is 2.58 bits per heavy atom. The minimum Gasteiger partial charge on any atom is -0.368 e. The lowest BCUT2D eigenvalue weighted by Crippen LogP contribution is -2.54. The first kappa shape index (κ1) is 18.7. The third-order valence-corrected chi connectivity index (χ3v) is 5.67. The van der Waals surface area contributed by atoms with Crippen molar-refractivity contribution in [3.63, 3.8) is 0 Å². The molecule has 1 atom stereocenters. The molecule has 0 saturated carbocycles. The predicted molar refractivity (Wildman–Crippen MR) is 106 cm³/mol. The molecule has 2 aromatic rings. The molecule has 2 amide bonds. The van der Waals surface area contributed by atoms with Crippen molar-refractivity contribution in [2.75, 3.05) is 31.1 Å². The first-order valence-corrected chi connectivity index (χ1v) is 9.85. The van der Waals surface area contributed by atoms with Crippen LogP contribution >= 0.6 is 22.9 Å². The van der Waals surface area contributed by atoms with Gasteiger partial charge in [0, 0.05) is 36.9 Å². The molecule has 0 spiro atoms. The maximum Gasteiger partial charge on any atom is 0.261 e. The second-order valence-electron chi connectivity index (χ2n) is 6.42. The molecule has 1 unspecified atom stereocenters. The van der Waals surface area contributed by atoms with Crippen LogP contribution < -0.4 is 10.2 Å². The van der Waals surface area contributed by atoms with Crippen LogP contribution in [-0.4, -0.2) is 48.9 Å². The van der Waals surface area contributed by atoms with E-state index in [1.54, 1.807) is 13.0 Å². The number of anilines is 1. The summed E-state index contributed by atoms with van der Waals surface area (Å²) in [6.45, 7) is 6.55. The van der Waals surface area contributed by atoms with Crippen LogP contribution in [-0.2, 0) is 4.79 Å². The lowest BCUT2D eigenvalue weighted by Gasteiger charge is -2.37. The second kappa shape index (κ2) is 8.10. The Balaban J connectivity index is 1.56. The third kappa shape index (κ3) is 4.19. The van der Waals surface area contributed by atoms with Gasteiger partial charge in [0.25, 0.3) is 5.91 Å². The normalized spacial score (nSPS) is 15.7. The Hall–Kier alpha value is -2.05. The predicted octanol–water partition coefficient (Wildman–Crippen LogP) is 3.18. The lowest BCUT2D eigenvalue weighted by molar-refractivity contribution is -0.133. The molecule has 5 nitrogen and oxygen atoms in total. The number of thiophene rings is 1. The molecule has 1 aromatic carbocycles. The van der Waals surface area contributed by atoms with Crippen molar-refractivity contribution in [1.82, 2.24) is 10.2 Å². The third-order valence-electron chi connectivity index (χ3n) is 4.57. The molecular weight excluding hydrogens is 370 g/mol. The number of benzene rings is 1. The molecule has 0 aliphatic carbocycles. The van der Waals surface area contributed by atoms with E-state index in [9.17, 15) is 9.59 Å². The number of amides is 2. The molecule has 138 valence electrons. The number of hydrogen-bond donors (Lipinski definition) is 1. The Morgan fingerprint density at radius 1 is 1.19 bits per heavy atom. The van der Waals surface area contributed by atoms with E-state index in [4.69, 9.17) is 11.6 Å². The molecular formula is C19H22ClN3O2S. The SMILES string of the molecule is Cc1ccc(Cl)cc1N1CCN(C(=O)C(C)NC(=O)c2cccs2)CC1. The average molecular weight is 392 g/mol. The summed E-state index contributed by atoms with van der Waals surface area (Å²) in [7, 11) is 0. The molecule has 2 heterocycles. The van der Waals surface area contributed by atoms with Gasteiger partial charge in [0.1, 0.15) is 6.04 Å². The minimum absolute atomic E-state index is 0.0441. The Kier molecular flexibility index (Phi) is 5.84. The van der Waals surface area contributed by atoms with E-state index in [-0.39, 0.29) is 11.8 Å². The largest absolute Gasteiger partial charge is 0.368 e. The fourth-order valence-corrected chi connectivity index (χ4v) is 3.90. The summed E-state index contributed by atoms with van der Waals surface area (Å²) in [5.41, 5.74) is 2.29. The van der Waals surface area contributed by atoms with E-state index in [1.807, 2.05) is 34.5 Å². The van der Waals surface area contributed by atoms with Gasteiger partial charge in [-0.2, -0.15) is 0 Å². The van der Waals surface area contributed by atoms with Crippen LogP contribution in [0.15, 0.2) is 35.7 Å². The highest BCUT2D eigenvalue weighted by Crippen LogP contribution is 2.25. The Bertz CT molecular complexity index is 786. The Labute approximate surface area is 162 Å². The van der Waals surface area contributed by atoms with Crippen molar-refractivity contribution in [2.45, 2.75) is 19.9 Å². The highest BCUT2D eigenvalue weighted by Gasteiger charge is 2.26. The number of carbonyl (C=O) groups excluding carboxylic acids is 2. The minimum atomic E-state index is -0.538. The van der Waals surface area contributed by atoms with Gasteiger partial charge in [-0.1, -0.05) is 23.7 Å². The standard InChI is InChI=1S/C19H22ClN3O2S/c1-13-5-6-15(20)12-16(13)22-7-9-23(10-8-22)19(25)14(2)21-18(24)17-4-3-11-26-17/h3-6,11-12,14H,7-10H2,1-2H3,(H,21,24). The quantitative estimate of drug-likeness (QED) is 0.870. The Morgan fingerprint density at radius 2 is 1.92 bits per heavy atom. The van der Waals surface area contributed by atoms with Crippen molar-refractivity contribution in [2.24, 2.45) is 0 Å². The van der Waals surface area contributed by atoms with Crippen molar-refractivity contribution in [1.29, 1.82) is 0 Å².